The molecule has 0 spiro atoms. The smallest absolute Gasteiger partial charge is 0.342 e. The number of carboxylic acid groups (broad SMARTS) is 1. The van der Waals surface area contributed by atoms with E-state index in [-0.39, 0.29) is 11.0 Å². The third kappa shape index (κ3) is 5.14. The second-order valence-corrected chi connectivity index (χ2v) is 6.08. The molecule has 0 fully saturated rings. The molecule has 122 valence electrons. The summed E-state index contributed by atoms with van der Waals surface area (Å²) in [4.78, 5) is 15.8. The summed E-state index contributed by atoms with van der Waals surface area (Å²) in [5, 5.41) is 16.5. The van der Waals surface area contributed by atoms with Crippen molar-refractivity contribution in [3.8, 4) is 5.75 Å². The molecule has 0 aliphatic heterocycles. The second-order valence-electron chi connectivity index (χ2n) is 5.07. The molecular formula is C16H19N3O3S. The topological polar surface area (TPSA) is 88.1 Å². The molecule has 2 N–H and O–H groups in total. The molecule has 1 heterocycles. The van der Waals surface area contributed by atoms with Crippen molar-refractivity contribution in [2.24, 2.45) is 0 Å². The molecule has 1 aromatic heterocycles. The fraction of sp³-hybridized carbons (Fsp3) is 0.312. The van der Waals surface area contributed by atoms with Crippen LogP contribution in [0.5, 0.6) is 5.75 Å². The first-order chi connectivity index (χ1) is 11.0. The van der Waals surface area contributed by atoms with Gasteiger partial charge >= 0.3 is 5.97 Å². The summed E-state index contributed by atoms with van der Waals surface area (Å²) in [7, 11) is 0. The summed E-state index contributed by atoms with van der Waals surface area (Å²) in [6, 6.07) is 7.27. The van der Waals surface area contributed by atoms with E-state index in [1.807, 2.05) is 45.0 Å². The molecule has 0 unspecified atom stereocenters. The molecule has 2 aromatic rings. The maximum absolute atomic E-state index is 11.4. The fourth-order valence-corrected chi connectivity index (χ4v) is 2.51. The lowest BCUT2D eigenvalue weighted by Gasteiger charge is -2.09. The quantitative estimate of drug-likeness (QED) is 0.596. The molecule has 0 amide bonds. The normalized spacial score (nSPS) is 11.7. The summed E-state index contributed by atoms with van der Waals surface area (Å²) >= 11 is 1.02. The van der Waals surface area contributed by atoms with Crippen LogP contribution in [0.2, 0.25) is 0 Å². The van der Waals surface area contributed by atoms with Gasteiger partial charge in [-0.05, 0) is 49.4 Å². The van der Waals surface area contributed by atoms with E-state index in [4.69, 9.17) is 4.74 Å². The summed E-state index contributed by atoms with van der Waals surface area (Å²) in [6.07, 6.45) is 2.41. The van der Waals surface area contributed by atoms with Crippen LogP contribution in [0.4, 0.5) is 0 Å². The zero-order chi connectivity index (χ0) is 16.8. The number of carboxylic acids is 1. The summed E-state index contributed by atoms with van der Waals surface area (Å²) in [5.41, 5.74) is 0.775. The highest BCUT2D eigenvalue weighted by Crippen LogP contribution is 2.26. The number of thioether (sulfide) groups is 1. The van der Waals surface area contributed by atoms with Crippen LogP contribution in [0.1, 0.15) is 32.2 Å². The van der Waals surface area contributed by atoms with Crippen LogP contribution in [0.15, 0.2) is 34.3 Å². The minimum absolute atomic E-state index is 0.0972. The van der Waals surface area contributed by atoms with Gasteiger partial charge in [0.15, 0.2) is 0 Å². The zero-order valence-electron chi connectivity index (χ0n) is 13.2. The summed E-state index contributed by atoms with van der Waals surface area (Å²) in [5.74, 6) is 0.469. The number of hydrogen-bond donors (Lipinski definition) is 2. The Bertz CT molecular complexity index is 693. The third-order valence-electron chi connectivity index (χ3n) is 2.81. The van der Waals surface area contributed by atoms with Gasteiger partial charge in [-0.3, -0.25) is 5.10 Å². The van der Waals surface area contributed by atoms with E-state index < -0.39 is 5.97 Å². The van der Waals surface area contributed by atoms with Crippen molar-refractivity contribution in [2.75, 3.05) is 0 Å². The number of rotatable bonds is 7. The first-order valence-electron chi connectivity index (χ1n) is 7.28. The third-order valence-corrected chi connectivity index (χ3v) is 3.69. The van der Waals surface area contributed by atoms with Crippen LogP contribution in [0.3, 0.4) is 0 Å². The number of nitrogens with one attached hydrogen (secondary N) is 1. The van der Waals surface area contributed by atoms with E-state index >= 15 is 0 Å². The minimum atomic E-state index is -1.01. The Morgan fingerprint density at radius 1 is 1.39 bits per heavy atom. The molecule has 0 aliphatic rings. The van der Waals surface area contributed by atoms with Gasteiger partial charge < -0.3 is 9.84 Å². The molecular weight excluding hydrogens is 314 g/mol. The second kappa shape index (κ2) is 7.82. The van der Waals surface area contributed by atoms with E-state index in [1.165, 1.54) is 0 Å². The van der Waals surface area contributed by atoms with Gasteiger partial charge in [-0.2, -0.15) is 0 Å². The van der Waals surface area contributed by atoms with Crippen molar-refractivity contribution in [3.05, 3.63) is 40.6 Å². The highest BCUT2D eigenvalue weighted by Gasteiger charge is 2.13. The molecule has 23 heavy (non-hydrogen) atoms. The fourth-order valence-electron chi connectivity index (χ4n) is 1.78. The van der Waals surface area contributed by atoms with Crippen LogP contribution in [-0.2, 0) is 11.2 Å². The maximum Gasteiger partial charge on any atom is 0.342 e. The number of aromatic nitrogens is 3. The molecule has 2 rings (SSSR count). The summed E-state index contributed by atoms with van der Waals surface area (Å²) in [6.45, 7) is 5.85. The number of carbonyl (C=O) groups is 1. The first-order valence-corrected chi connectivity index (χ1v) is 8.10. The molecule has 6 nitrogen and oxygen atoms in total. The van der Waals surface area contributed by atoms with Crippen LogP contribution in [0, 0.1) is 0 Å². The molecule has 0 saturated heterocycles. The Labute approximate surface area is 139 Å². The van der Waals surface area contributed by atoms with Crippen molar-refractivity contribution in [2.45, 2.75) is 38.5 Å². The van der Waals surface area contributed by atoms with E-state index in [1.54, 1.807) is 6.08 Å². The number of nitrogens with zero attached hydrogens (tertiary/aromatic N) is 2. The predicted octanol–water partition coefficient (Wildman–Crippen LogP) is 3.37. The van der Waals surface area contributed by atoms with Crippen molar-refractivity contribution in [1.82, 2.24) is 15.2 Å². The number of aromatic amines is 1. The monoisotopic (exact) mass is 333 g/mol. The van der Waals surface area contributed by atoms with Gasteiger partial charge in [-0.1, -0.05) is 19.1 Å². The average Bonchev–Trinajstić information content (AvgIpc) is 2.95. The van der Waals surface area contributed by atoms with Gasteiger partial charge in [0.05, 0.1) is 6.10 Å². The largest absolute Gasteiger partial charge is 0.491 e. The van der Waals surface area contributed by atoms with Crippen molar-refractivity contribution < 1.29 is 14.6 Å². The zero-order valence-corrected chi connectivity index (χ0v) is 14.1. The molecule has 0 radical (unpaired) electrons. The van der Waals surface area contributed by atoms with E-state index in [0.29, 0.717) is 5.16 Å². The SMILES string of the molecule is CCc1nc(S/C(=C\c2ccc(OC(C)C)cc2)C(=O)O)n[nH]1. The molecule has 0 atom stereocenters. The lowest BCUT2D eigenvalue weighted by atomic mass is 10.2. The van der Waals surface area contributed by atoms with Gasteiger partial charge in [0, 0.05) is 6.42 Å². The van der Waals surface area contributed by atoms with Gasteiger partial charge in [-0.15, -0.1) is 5.10 Å². The van der Waals surface area contributed by atoms with E-state index in [9.17, 15) is 9.90 Å². The van der Waals surface area contributed by atoms with Crippen molar-refractivity contribution in [1.29, 1.82) is 0 Å². The van der Waals surface area contributed by atoms with Crippen LogP contribution in [-0.4, -0.2) is 32.4 Å². The summed E-state index contributed by atoms with van der Waals surface area (Å²) < 4.78 is 5.57. The van der Waals surface area contributed by atoms with E-state index in [2.05, 4.69) is 15.2 Å². The van der Waals surface area contributed by atoms with Gasteiger partial charge in [0.25, 0.3) is 0 Å². The van der Waals surface area contributed by atoms with Crippen LogP contribution < -0.4 is 4.74 Å². The van der Waals surface area contributed by atoms with E-state index in [0.717, 1.165) is 35.3 Å². The van der Waals surface area contributed by atoms with Gasteiger partial charge in [-0.25, -0.2) is 9.78 Å². The van der Waals surface area contributed by atoms with Crippen LogP contribution in [0.25, 0.3) is 6.08 Å². The Hall–Kier alpha value is -2.28. The average molecular weight is 333 g/mol. The number of aryl methyl sites for hydroxylation is 1. The predicted molar refractivity (Wildman–Crippen MR) is 89.4 cm³/mol. The number of aliphatic carboxylic acids is 1. The van der Waals surface area contributed by atoms with Crippen molar-refractivity contribution in [3.63, 3.8) is 0 Å². The van der Waals surface area contributed by atoms with Crippen molar-refractivity contribution >= 4 is 23.8 Å². The lowest BCUT2D eigenvalue weighted by Crippen LogP contribution is -2.05. The first kappa shape index (κ1) is 17.1. The highest BCUT2D eigenvalue weighted by atomic mass is 32.2. The number of H-pyrrole nitrogens is 1. The molecule has 1 aromatic carbocycles. The van der Waals surface area contributed by atoms with Crippen LogP contribution >= 0.6 is 11.8 Å². The lowest BCUT2D eigenvalue weighted by molar-refractivity contribution is -0.131. The Balaban J connectivity index is 2.16. The Morgan fingerprint density at radius 3 is 2.61 bits per heavy atom. The number of ether oxygens (including phenoxy) is 1. The maximum atomic E-state index is 11.4. The minimum Gasteiger partial charge on any atom is -0.491 e. The number of benzene rings is 1. The Morgan fingerprint density at radius 2 is 2.09 bits per heavy atom. The number of hydrogen-bond acceptors (Lipinski definition) is 5. The standard InChI is InChI=1S/C16H19N3O3S/c1-4-14-17-16(19-18-14)23-13(15(20)21)9-11-5-7-12(8-6-11)22-10(2)3/h5-10H,4H2,1-3H3,(H,20,21)(H,17,18,19)/b13-9-. The molecule has 0 aliphatic carbocycles. The molecule has 0 bridgehead atoms. The highest BCUT2D eigenvalue weighted by molar-refractivity contribution is 8.04. The Kier molecular flexibility index (Phi) is 5.81. The molecule has 0 saturated carbocycles. The molecule has 7 heteroatoms. The van der Waals surface area contributed by atoms with Gasteiger partial charge in [0.2, 0.25) is 5.16 Å². The van der Waals surface area contributed by atoms with Gasteiger partial charge in [0.1, 0.15) is 16.5 Å².